The lowest BCUT2D eigenvalue weighted by molar-refractivity contribution is -0.0570. The van der Waals surface area contributed by atoms with Crippen LogP contribution in [-0.4, -0.2) is 31.0 Å². The van der Waals surface area contributed by atoms with Crippen molar-refractivity contribution in [3.05, 3.63) is 35.4 Å². The number of benzene rings is 1. The first-order valence-electron chi connectivity index (χ1n) is 7.64. The Morgan fingerprint density at radius 3 is 2.55 bits per heavy atom. The van der Waals surface area contributed by atoms with Crippen molar-refractivity contribution in [2.75, 3.05) is 13.7 Å². The predicted molar refractivity (Wildman–Crippen MR) is 79.8 cm³/mol. The number of aryl methyl sites for hydroxylation is 1. The van der Waals surface area contributed by atoms with Crippen molar-refractivity contribution in [3.63, 3.8) is 0 Å². The van der Waals surface area contributed by atoms with Crippen LogP contribution in [0, 0.1) is 0 Å². The van der Waals surface area contributed by atoms with E-state index in [1.807, 2.05) is 12.1 Å². The lowest BCUT2D eigenvalue weighted by atomic mass is 9.95. The molecule has 1 fully saturated rings. The first-order valence-corrected chi connectivity index (χ1v) is 7.64. The van der Waals surface area contributed by atoms with Crippen LogP contribution in [0.5, 0.6) is 0 Å². The van der Waals surface area contributed by atoms with Crippen LogP contribution in [0.25, 0.3) is 0 Å². The number of ether oxygens (including phenoxy) is 2. The van der Waals surface area contributed by atoms with Gasteiger partial charge in [-0.3, -0.25) is 0 Å². The molecule has 112 valence electrons. The van der Waals surface area contributed by atoms with Gasteiger partial charge in [0.1, 0.15) is 6.10 Å². The monoisotopic (exact) mass is 278 g/mol. The maximum atomic E-state index is 10.2. The molecule has 1 aliphatic rings. The molecular weight excluding hydrogens is 252 g/mol. The number of methoxy groups -OCH3 is 1. The minimum atomic E-state index is -0.538. The number of rotatable bonds is 6. The SMILES string of the molecule is CCc1ccc(C(O)COC2CCCC(OC)C2)cc1. The third kappa shape index (κ3) is 4.30. The lowest BCUT2D eigenvalue weighted by Gasteiger charge is -2.29. The van der Waals surface area contributed by atoms with Gasteiger partial charge in [-0.1, -0.05) is 31.2 Å². The van der Waals surface area contributed by atoms with E-state index in [4.69, 9.17) is 9.47 Å². The van der Waals surface area contributed by atoms with Crippen molar-refractivity contribution in [2.45, 2.75) is 57.3 Å². The van der Waals surface area contributed by atoms with Crippen molar-refractivity contribution in [3.8, 4) is 0 Å². The fraction of sp³-hybridized carbons (Fsp3) is 0.647. The van der Waals surface area contributed by atoms with Crippen molar-refractivity contribution in [1.82, 2.24) is 0 Å². The van der Waals surface area contributed by atoms with E-state index in [1.165, 1.54) is 5.56 Å². The Hall–Kier alpha value is -0.900. The van der Waals surface area contributed by atoms with Crippen molar-refractivity contribution < 1.29 is 14.6 Å². The molecule has 0 radical (unpaired) electrons. The topological polar surface area (TPSA) is 38.7 Å². The highest BCUT2D eigenvalue weighted by molar-refractivity contribution is 5.24. The second-order valence-electron chi connectivity index (χ2n) is 5.59. The zero-order valence-electron chi connectivity index (χ0n) is 12.5. The van der Waals surface area contributed by atoms with Crippen LogP contribution in [0.2, 0.25) is 0 Å². The average molecular weight is 278 g/mol. The van der Waals surface area contributed by atoms with Crippen LogP contribution in [0.3, 0.4) is 0 Å². The van der Waals surface area contributed by atoms with Gasteiger partial charge in [0.25, 0.3) is 0 Å². The zero-order valence-corrected chi connectivity index (χ0v) is 12.5. The number of aliphatic hydroxyl groups excluding tert-OH is 1. The third-order valence-corrected chi connectivity index (χ3v) is 4.17. The van der Waals surface area contributed by atoms with Gasteiger partial charge in [0, 0.05) is 7.11 Å². The van der Waals surface area contributed by atoms with Crippen LogP contribution in [0.4, 0.5) is 0 Å². The van der Waals surface area contributed by atoms with Gasteiger partial charge < -0.3 is 14.6 Å². The third-order valence-electron chi connectivity index (χ3n) is 4.17. The van der Waals surface area contributed by atoms with Gasteiger partial charge in [-0.25, -0.2) is 0 Å². The van der Waals surface area contributed by atoms with Crippen LogP contribution < -0.4 is 0 Å². The summed E-state index contributed by atoms with van der Waals surface area (Å²) in [5.74, 6) is 0. The maximum Gasteiger partial charge on any atom is 0.102 e. The van der Waals surface area contributed by atoms with E-state index in [2.05, 4.69) is 19.1 Å². The molecule has 3 nitrogen and oxygen atoms in total. The Labute approximate surface area is 121 Å². The molecule has 1 saturated carbocycles. The fourth-order valence-corrected chi connectivity index (χ4v) is 2.77. The molecule has 3 unspecified atom stereocenters. The number of aliphatic hydroxyl groups is 1. The van der Waals surface area contributed by atoms with Gasteiger partial charge in [0.05, 0.1) is 18.8 Å². The van der Waals surface area contributed by atoms with Gasteiger partial charge >= 0.3 is 0 Å². The quantitative estimate of drug-likeness (QED) is 0.868. The summed E-state index contributed by atoms with van der Waals surface area (Å²) in [7, 11) is 1.76. The van der Waals surface area contributed by atoms with Gasteiger partial charge in [0.2, 0.25) is 0 Å². The molecular formula is C17H26O3. The summed E-state index contributed by atoms with van der Waals surface area (Å²) >= 11 is 0. The van der Waals surface area contributed by atoms with Gasteiger partial charge in [0.15, 0.2) is 0 Å². The summed E-state index contributed by atoms with van der Waals surface area (Å²) in [5, 5.41) is 10.2. The maximum absolute atomic E-state index is 10.2. The molecule has 1 aromatic rings. The van der Waals surface area contributed by atoms with E-state index in [0.29, 0.717) is 12.7 Å². The van der Waals surface area contributed by atoms with Crippen molar-refractivity contribution in [2.24, 2.45) is 0 Å². The van der Waals surface area contributed by atoms with E-state index in [-0.39, 0.29) is 6.10 Å². The smallest absolute Gasteiger partial charge is 0.102 e. The van der Waals surface area contributed by atoms with E-state index in [1.54, 1.807) is 7.11 Å². The minimum absolute atomic E-state index is 0.221. The Kier molecular flexibility index (Phi) is 6.02. The second kappa shape index (κ2) is 7.77. The molecule has 0 aliphatic heterocycles. The van der Waals surface area contributed by atoms with E-state index in [0.717, 1.165) is 37.7 Å². The number of hydrogen-bond acceptors (Lipinski definition) is 3. The molecule has 0 heterocycles. The van der Waals surface area contributed by atoms with E-state index >= 15 is 0 Å². The van der Waals surface area contributed by atoms with Crippen LogP contribution in [0.15, 0.2) is 24.3 Å². The van der Waals surface area contributed by atoms with Crippen LogP contribution in [0.1, 0.15) is 49.8 Å². The standard InChI is InChI=1S/C17H26O3/c1-3-13-7-9-14(10-8-13)17(18)12-20-16-6-4-5-15(11-16)19-2/h7-10,15-18H,3-6,11-12H2,1-2H3. The molecule has 0 aromatic heterocycles. The molecule has 3 atom stereocenters. The zero-order chi connectivity index (χ0) is 14.4. The first kappa shape index (κ1) is 15.5. The first-order chi connectivity index (χ1) is 9.72. The Morgan fingerprint density at radius 1 is 1.20 bits per heavy atom. The average Bonchev–Trinajstić information content (AvgIpc) is 2.53. The van der Waals surface area contributed by atoms with E-state index in [9.17, 15) is 5.11 Å². The normalized spacial score (nSPS) is 24.6. The highest BCUT2D eigenvalue weighted by Gasteiger charge is 2.23. The Bertz CT molecular complexity index is 388. The summed E-state index contributed by atoms with van der Waals surface area (Å²) in [6.45, 7) is 2.50. The van der Waals surface area contributed by atoms with E-state index < -0.39 is 6.10 Å². The predicted octanol–water partition coefficient (Wildman–Crippen LogP) is 3.26. The summed E-state index contributed by atoms with van der Waals surface area (Å²) in [4.78, 5) is 0. The molecule has 20 heavy (non-hydrogen) atoms. The summed E-state index contributed by atoms with van der Waals surface area (Å²) in [6.07, 6.45) is 5.30. The minimum Gasteiger partial charge on any atom is -0.386 e. The molecule has 0 amide bonds. The largest absolute Gasteiger partial charge is 0.386 e. The van der Waals surface area contributed by atoms with Crippen molar-refractivity contribution in [1.29, 1.82) is 0 Å². The Balaban J connectivity index is 1.80. The Morgan fingerprint density at radius 2 is 1.90 bits per heavy atom. The molecule has 0 spiro atoms. The second-order valence-corrected chi connectivity index (χ2v) is 5.59. The van der Waals surface area contributed by atoms with Crippen LogP contribution >= 0.6 is 0 Å². The molecule has 2 rings (SSSR count). The van der Waals surface area contributed by atoms with Crippen LogP contribution in [-0.2, 0) is 15.9 Å². The molecule has 1 aliphatic carbocycles. The molecule has 3 heteroatoms. The lowest BCUT2D eigenvalue weighted by Crippen LogP contribution is -2.28. The molecule has 0 saturated heterocycles. The summed E-state index contributed by atoms with van der Waals surface area (Å²) in [6, 6.07) is 8.12. The molecule has 0 bridgehead atoms. The fourth-order valence-electron chi connectivity index (χ4n) is 2.77. The number of hydrogen-bond donors (Lipinski definition) is 1. The van der Waals surface area contributed by atoms with Gasteiger partial charge in [-0.15, -0.1) is 0 Å². The van der Waals surface area contributed by atoms with Gasteiger partial charge in [-0.2, -0.15) is 0 Å². The molecule has 1 aromatic carbocycles. The summed E-state index contributed by atoms with van der Waals surface area (Å²) < 4.78 is 11.3. The van der Waals surface area contributed by atoms with Crippen molar-refractivity contribution >= 4 is 0 Å². The highest BCUT2D eigenvalue weighted by atomic mass is 16.5. The molecule has 1 N–H and O–H groups in total. The van der Waals surface area contributed by atoms with Gasteiger partial charge in [-0.05, 0) is 43.2 Å². The summed E-state index contributed by atoms with van der Waals surface area (Å²) in [5.41, 5.74) is 2.22. The highest BCUT2D eigenvalue weighted by Crippen LogP contribution is 2.24.